The number of amidine groups is 1. The first kappa shape index (κ1) is 13.1. The molecule has 0 atom stereocenters. The predicted molar refractivity (Wildman–Crippen MR) is 51.3 cm³/mol. The van der Waals surface area contributed by atoms with Crippen molar-refractivity contribution in [3.05, 3.63) is 0 Å². The molecule has 0 aromatic rings. The molecule has 0 rings (SSSR count). The normalized spacial score (nSPS) is 8.27. The molecule has 0 fully saturated rings. The number of hydrogen-bond acceptors (Lipinski definition) is 2. The van der Waals surface area contributed by atoms with Crippen LogP contribution in [0.1, 0.15) is 19.8 Å². The lowest BCUT2D eigenvalue weighted by Crippen LogP contribution is -2.23. The highest BCUT2D eigenvalue weighted by Crippen LogP contribution is 1.92. The van der Waals surface area contributed by atoms with Gasteiger partial charge in [0.15, 0.2) is 0 Å². The third-order valence-electron chi connectivity index (χ3n) is 1.35. The molecule has 0 amide bonds. The number of nitrogens with one attached hydrogen (secondary N) is 2. The molecule has 0 aliphatic carbocycles. The molecule has 4 heteroatoms. The molecular formula is C7H16ClN3. The van der Waals surface area contributed by atoms with Crippen LogP contribution in [0.3, 0.4) is 0 Å². The summed E-state index contributed by atoms with van der Waals surface area (Å²) < 4.78 is 0. The molecule has 0 aromatic heterocycles. The Morgan fingerprint density at radius 3 is 2.00 bits per heavy atom. The third kappa shape index (κ3) is 5.85. The van der Waals surface area contributed by atoms with E-state index in [1.54, 1.807) is 4.90 Å². The van der Waals surface area contributed by atoms with Crippen molar-refractivity contribution >= 4 is 24.0 Å². The molecule has 0 unspecified atom stereocenters. The fourth-order valence-corrected chi connectivity index (χ4v) is 0.485. The van der Waals surface area contributed by atoms with Gasteiger partial charge in [-0.05, 0) is 6.42 Å². The molecule has 0 bridgehead atoms. The Morgan fingerprint density at radius 2 is 1.73 bits per heavy atom. The van der Waals surface area contributed by atoms with Gasteiger partial charge in [-0.3, -0.25) is 5.41 Å². The SMILES string of the molecule is CCC(=N)CC(=N)N(C)C.Cl. The standard InChI is InChI=1S/C7H15N3.ClH/c1-4-6(8)5-7(9)10(2)3;/h8-9H,4-5H2,1-3H3;1H. The maximum Gasteiger partial charge on any atom is 0.101 e. The second-order valence-corrected chi connectivity index (χ2v) is 2.48. The molecule has 0 spiro atoms. The molecule has 0 saturated carbocycles. The van der Waals surface area contributed by atoms with Crippen molar-refractivity contribution in [1.82, 2.24) is 4.90 Å². The van der Waals surface area contributed by atoms with E-state index in [1.807, 2.05) is 21.0 Å². The van der Waals surface area contributed by atoms with Crippen molar-refractivity contribution in [3.63, 3.8) is 0 Å². The smallest absolute Gasteiger partial charge is 0.101 e. The van der Waals surface area contributed by atoms with E-state index < -0.39 is 0 Å². The van der Waals surface area contributed by atoms with Gasteiger partial charge in [0.1, 0.15) is 5.84 Å². The minimum atomic E-state index is 0. The van der Waals surface area contributed by atoms with E-state index in [0.29, 0.717) is 18.0 Å². The first-order chi connectivity index (χ1) is 4.57. The summed E-state index contributed by atoms with van der Waals surface area (Å²) in [4.78, 5) is 1.73. The topological polar surface area (TPSA) is 50.9 Å². The van der Waals surface area contributed by atoms with Crippen LogP contribution in [0.25, 0.3) is 0 Å². The van der Waals surface area contributed by atoms with Gasteiger partial charge in [-0.15, -0.1) is 12.4 Å². The zero-order chi connectivity index (χ0) is 8.15. The molecule has 0 heterocycles. The summed E-state index contributed by atoms with van der Waals surface area (Å²) in [6.45, 7) is 1.94. The van der Waals surface area contributed by atoms with Crippen LogP contribution in [0.5, 0.6) is 0 Å². The van der Waals surface area contributed by atoms with E-state index in [1.165, 1.54) is 0 Å². The molecule has 11 heavy (non-hydrogen) atoms. The van der Waals surface area contributed by atoms with Crippen LogP contribution >= 0.6 is 12.4 Å². The Bertz CT molecular complexity index is 143. The van der Waals surface area contributed by atoms with Gasteiger partial charge in [-0.25, -0.2) is 0 Å². The molecule has 0 radical (unpaired) electrons. The van der Waals surface area contributed by atoms with Gasteiger partial charge in [0.05, 0.1) is 0 Å². The van der Waals surface area contributed by atoms with Crippen LogP contribution in [-0.2, 0) is 0 Å². The second-order valence-electron chi connectivity index (χ2n) is 2.48. The van der Waals surface area contributed by atoms with Gasteiger partial charge >= 0.3 is 0 Å². The van der Waals surface area contributed by atoms with Crippen LogP contribution in [0.15, 0.2) is 0 Å². The fraction of sp³-hybridized carbons (Fsp3) is 0.714. The summed E-state index contributed by atoms with van der Waals surface area (Å²) in [5.74, 6) is 0.506. The molecule has 0 saturated heterocycles. The van der Waals surface area contributed by atoms with Crippen LogP contribution in [-0.4, -0.2) is 30.5 Å². The summed E-state index contributed by atoms with van der Waals surface area (Å²) >= 11 is 0. The van der Waals surface area contributed by atoms with Gasteiger partial charge in [0, 0.05) is 26.2 Å². The molecule has 2 N–H and O–H groups in total. The lowest BCUT2D eigenvalue weighted by atomic mass is 10.2. The van der Waals surface area contributed by atoms with Crippen LogP contribution < -0.4 is 0 Å². The van der Waals surface area contributed by atoms with E-state index in [-0.39, 0.29) is 12.4 Å². The zero-order valence-corrected chi connectivity index (χ0v) is 8.09. The summed E-state index contributed by atoms with van der Waals surface area (Å²) in [7, 11) is 3.65. The highest BCUT2D eigenvalue weighted by atomic mass is 35.5. The van der Waals surface area contributed by atoms with E-state index in [0.717, 1.165) is 6.42 Å². The van der Waals surface area contributed by atoms with Crippen molar-refractivity contribution in [2.24, 2.45) is 0 Å². The van der Waals surface area contributed by atoms with Crippen molar-refractivity contribution in [2.75, 3.05) is 14.1 Å². The summed E-state index contributed by atoms with van der Waals surface area (Å²) in [5.41, 5.74) is 0.624. The average molecular weight is 178 g/mol. The van der Waals surface area contributed by atoms with Crippen LogP contribution in [0, 0.1) is 10.8 Å². The van der Waals surface area contributed by atoms with E-state index in [9.17, 15) is 0 Å². The Balaban J connectivity index is 0. The van der Waals surface area contributed by atoms with Crippen LogP contribution in [0.2, 0.25) is 0 Å². The maximum atomic E-state index is 7.36. The molecule has 0 aromatic carbocycles. The molecular weight excluding hydrogens is 162 g/mol. The minimum absolute atomic E-state index is 0. The molecule has 0 aliphatic rings. The number of nitrogens with zero attached hydrogens (tertiary/aromatic N) is 1. The summed E-state index contributed by atoms with van der Waals surface area (Å²) in [5, 5.41) is 14.7. The van der Waals surface area contributed by atoms with Gasteiger partial charge in [-0.1, -0.05) is 6.92 Å². The van der Waals surface area contributed by atoms with Gasteiger partial charge in [0.25, 0.3) is 0 Å². The minimum Gasteiger partial charge on any atom is -0.366 e. The van der Waals surface area contributed by atoms with Crippen molar-refractivity contribution in [2.45, 2.75) is 19.8 Å². The van der Waals surface area contributed by atoms with E-state index in [2.05, 4.69) is 0 Å². The monoisotopic (exact) mass is 177 g/mol. The zero-order valence-electron chi connectivity index (χ0n) is 7.27. The Labute approximate surface area is 74.2 Å². The summed E-state index contributed by atoms with van der Waals surface area (Å²) in [6, 6.07) is 0. The van der Waals surface area contributed by atoms with Crippen molar-refractivity contribution < 1.29 is 0 Å². The van der Waals surface area contributed by atoms with Crippen molar-refractivity contribution in [1.29, 1.82) is 10.8 Å². The number of hydrogen-bond donors (Lipinski definition) is 2. The van der Waals surface area contributed by atoms with Gasteiger partial charge in [-0.2, -0.15) is 0 Å². The largest absolute Gasteiger partial charge is 0.366 e. The van der Waals surface area contributed by atoms with Gasteiger partial charge in [0.2, 0.25) is 0 Å². The van der Waals surface area contributed by atoms with Crippen molar-refractivity contribution in [3.8, 4) is 0 Å². The Kier molecular flexibility index (Phi) is 7.31. The average Bonchev–Trinajstić information content (AvgIpc) is 1.87. The second kappa shape index (κ2) is 6.16. The third-order valence-corrected chi connectivity index (χ3v) is 1.35. The predicted octanol–water partition coefficient (Wildman–Crippen LogP) is 1.77. The lowest BCUT2D eigenvalue weighted by molar-refractivity contribution is 0.608. The Morgan fingerprint density at radius 1 is 1.27 bits per heavy atom. The first-order valence-corrected chi connectivity index (χ1v) is 3.39. The Hall–Kier alpha value is -0.570. The van der Waals surface area contributed by atoms with E-state index in [4.69, 9.17) is 10.8 Å². The van der Waals surface area contributed by atoms with E-state index >= 15 is 0 Å². The van der Waals surface area contributed by atoms with Crippen LogP contribution in [0.4, 0.5) is 0 Å². The fourth-order valence-electron chi connectivity index (χ4n) is 0.485. The summed E-state index contributed by atoms with van der Waals surface area (Å²) in [6.07, 6.45) is 1.24. The lowest BCUT2D eigenvalue weighted by Gasteiger charge is -2.12. The van der Waals surface area contributed by atoms with Gasteiger partial charge < -0.3 is 10.3 Å². The number of halogens is 1. The number of rotatable bonds is 3. The molecule has 0 aliphatic heterocycles. The first-order valence-electron chi connectivity index (χ1n) is 3.39. The quantitative estimate of drug-likeness (QED) is 0.501. The maximum absolute atomic E-state index is 7.36. The molecule has 66 valence electrons. The molecule has 3 nitrogen and oxygen atoms in total. The highest BCUT2D eigenvalue weighted by molar-refractivity contribution is 6.00. The highest BCUT2D eigenvalue weighted by Gasteiger charge is 2.00.